The predicted molar refractivity (Wildman–Crippen MR) is 94.9 cm³/mol. The molecule has 7 nitrogen and oxygen atoms in total. The monoisotopic (exact) mass is 354 g/mol. The maximum absolute atomic E-state index is 12.4. The minimum atomic E-state index is -0.0581. The average Bonchev–Trinajstić information content (AvgIpc) is 3.31. The SMILES string of the molecule is CC(C)C[C@H](NC(=O)CCc1nc(-c2ccco2)no1)c1cccnc1. The number of carbonyl (C=O) groups is 1. The van der Waals surface area contributed by atoms with E-state index in [-0.39, 0.29) is 18.4 Å². The molecule has 3 aromatic rings. The largest absolute Gasteiger partial charge is 0.461 e. The van der Waals surface area contributed by atoms with Crippen molar-refractivity contribution in [2.45, 2.75) is 39.2 Å². The van der Waals surface area contributed by atoms with Crippen LogP contribution < -0.4 is 5.32 Å². The molecule has 0 aliphatic carbocycles. The summed E-state index contributed by atoms with van der Waals surface area (Å²) in [6.07, 6.45) is 6.56. The van der Waals surface area contributed by atoms with E-state index in [4.69, 9.17) is 8.94 Å². The third-order valence-corrected chi connectivity index (χ3v) is 3.90. The molecule has 0 unspecified atom stereocenters. The summed E-state index contributed by atoms with van der Waals surface area (Å²) in [4.78, 5) is 20.8. The van der Waals surface area contributed by atoms with Gasteiger partial charge in [0.25, 0.3) is 0 Å². The van der Waals surface area contributed by atoms with Crippen molar-refractivity contribution in [2.24, 2.45) is 5.92 Å². The van der Waals surface area contributed by atoms with Gasteiger partial charge in [0.2, 0.25) is 17.6 Å². The molecule has 3 aromatic heterocycles. The maximum atomic E-state index is 12.4. The first kappa shape index (κ1) is 17.8. The van der Waals surface area contributed by atoms with Crippen LogP contribution in [0.25, 0.3) is 11.6 Å². The van der Waals surface area contributed by atoms with Crippen LogP contribution in [0.15, 0.2) is 51.9 Å². The molecule has 1 N–H and O–H groups in total. The Hall–Kier alpha value is -2.96. The highest BCUT2D eigenvalue weighted by Gasteiger charge is 2.17. The van der Waals surface area contributed by atoms with E-state index in [2.05, 4.69) is 34.3 Å². The molecule has 3 heterocycles. The minimum absolute atomic E-state index is 0.0578. The summed E-state index contributed by atoms with van der Waals surface area (Å²) in [6, 6.07) is 7.31. The number of carbonyl (C=O) groups excluding carboxylic acids is 1. The highest BCUT2D eigenvalue weighted by atomic mass is 16.5. The second kappa shape index (κ2) is 8.42. The Kier molecular flexibility index (Phi) is 5.78. The normalized spacial score (nSPS) is 12.3. The van der Waals surface area contributed by atoms with Gasteiger partial charge in [-0.1, -0.05) is 25.1 Å². The lowest BCUT2D eigenvalue weighted by atomic mass is 9.98. The van der Waals surface area contributed by atoms with E-state index >= 15 is 0 Å². The first-order chi connectivity index (χ1) is 12.6. The van der Waals surface area contributed by atoms with Crippen LogP contribution in [0.1, 0.15) is 44.2 Å². The molecule has 0 bridgehead atoms. The van der Waals surface area contributed by atoms with Gasteiger partial charge in [0, 0.05) is 25.2 Å². The fraction of sp³-hybridized carbons (Fsp3) is 0.368. The van der Waals surface area contributed by atoms with Crippen molar-refractivity contribution in [3.63, 3.8) is 0 Å². The topological polar surface area (TPSA) is 94.1 Å². The molecular weight excluding hydrogens is 332 g/mol. The zero-order chi connectivity index (χ0) is 18.4. The van der Waals surface area contributed by atoms with E-state index in [1.54, 1.807) is 30.8 Å². The summed E-state index contributed by atoms with van der Waals surface area (Å²) < 4.78 is 10.4. The first-order valence-corrected chi connectivity index (χ1v) is 8.67. The highest BCUT2D eigenvalue weighted by molar-refractivity contribution is 5.76. The number of hydrogen-bond donors (Lipinski definition) is 1. The lowest BCUT2D eigenvalue weighted by Gasteiger charge is -2.20. The van der Waals surface area contributed by atoms with Crippen LogP contribution in [0.2, 0.25) is 0 Å². The minimum Gasteiger partial charge on any atom is -0.461 e. The van der Waals surface area contributed by atoms with Crippen LogP contribution in [0.3, 0.4) is 0 Å². The van der Waals surface area contributed by atoms with E-state index in [1.165, 1.54) is 0 Å². The van der Waals surface area contributed by atoms with Crippen molar-refractivity contribution < 1.29 is 13.7 Å². The van der Waals surface area contributed by atoms with Crippen LogP contribution in [0.5, 0.6) is 0 Å². The van der Waals surface area contributed by atoms with Crippen molar-refractivity contribution in [1.29, 1.82) is 0 Å². The van der Waals surface area contributed by atoms with Crippen LogP contribution in [-0.4, -0.2) is 21.0 Å². The molecule has 1 amide bonds. The molecule has 0 saturated heterocycles. The highest BCUT2D eigenvalue weighted by Crippen LogP contribution is 2.21. The number of aromatic nitrogens is 3. The van der Waals surface area contributed by atoms with Crippen molar-refractivity contribution in [2.75, 3.05) is 0 Å². The Morgan fingerprint density at radius 1 is 1.27 bits per heavy atom. The van der Waals surface area contributed by atoms with E-state index in [9.17, 15) is 4.79 Å². The van der Waals surface area contributed by atoms with E-state index in [0.29, 0.717) is 29.8 Å². The number of amides is 1. The Balaban J connectivity index is 1.57. The predicted octanol–water partition coefficient (Wildman–Crippen LogP) is 3.56. The Labute approximate surface area is 151 Å². The summed E-state index contributed by atoms with van der Waals surface area (Å²) in [7, 11) is 0. The van der Waals surface area contributed by atoms with Gasteiger partial charge in [0.05, 0.1) is 12.3 Å². The molecule has 0 aliphatic heterocycles. The number of aryl methyl sites for hydroxylation is 1. The van der Waals surface area contributed by atoms with Crippen molar-refractivity contribution >= 4 is 5.91 Å². The van der Waals surface area contributed by atoms with Gasteiger partial charge in [0.15, 0.2) is 5.76 Å². The van der Waals surface area contributed by atoms with Gasteiger partial charge in [-0.3, -0.25) is 9.78 Å². The van der Waals surface area contributed by atoms with Crippen LogP contribution in [0, 0.1) is 5.92 Å². The van der Waals surface area contributed by atoms with Gasteiger partial charge in [-0.2, -0.15) is 4.98 Å². The van der Waals surface area contributed by atoms with Crippen molar-refractivity contribution in [1.82, 2.24) is 20.4 Å². The molecule has 1 atom stereocenters. The van der Waals surface area contributed by atoms with Gasteiger partial charge < -0.3 is 14.3 Å². The number of rotatable bonds is 8. The quantitative estimate of drug-likeness (QED) is 0.665. The third-order valence-electron chi connectivity index (χ3n) is 3.90. The van der Waals surface area contributed by atoms with E-state index < -0.39 is 0 Å². The molecule has 0 aromatic carbocycles. The molecule has 0 fully saturated rings. The maximum Gasteiger partial charge on any atom is 0.238 e. The third kappa shape index (κ3) is 4.78. The number of hydrogen-bond acceptors (Lipinski definition) is 6. The van der Waals surface area contributed by atoms with Crippen LogP contribution >= 0.6 is 0 Å². The van der Waals surface area contributed by atoms with Gasteiger partial charge in [-0.25, -0.2) is 0 Å². The fourth-order valence-corrected chi connectivity index (χ4v) is 2.68. The van der Waals surface area contributed by atoms with Crippen molar-refractivity contribution in [3.8, 4) is 11.6 Å². The van der Waals surface area contributed by atoms with Gasteiger partial charge in [0.1, 0.15) is 0 Å². The van der Waals surface area contributed by atoms with E-state index in [0.717, 1.165) is 12.0 Å². The zero-order valence-corrected chi connectivity index (χ0v) is 14.9. The molecule has 0 radical (unpaired) electrons. The molecule has 3 rings (SSSR count). The summed E-state index contributed by atoms with van der Waals surface area (Å²) >= 11 is 0. The Morgan fingerprint density at radius 3 is 2.85 bits per heavy atom. The summed E-state index contributed by atoms with van der Waals surface area (Å²) in [5.74, 6) is 1.73. The Morgan fingerprint density at radius 2 is 2.15 bits per heavy atom. The molecule has 0 spiro atoms. The first-order valence-electron chi connectivity index (χ1n) is 8.67. The molecule has 136 valence electrons. The number of pyridine rings is 1. The zero-order valence-electron chi connectivity index (χ0n) is 14.9. The van der Waals surface area contributed by atoms with Gasteiger partial charge >= 0.3 is 0 Å². The van der Waals surface area contributed by atoms with Gasteiger partial charge in [-0.05, 0) is 36.1 Å². The number of nitrogens with one attached hydrogen (secondary N) is 1. The van der Waals surface area contributed by atoms with Crippen LogP contribution in [0.4, 0.5) is 0 Å². The molecular formula is C19H22N4O3. The summed E-state index contributed by atoms with van der Waals surface area (Å²) in [5, 5.41) is 6.95. The molecule has 0 aliphatic rings. The Bertz CT molecular complexity index is 812. The fourth-order valence-electron chi connectivity index (χ4n) is 2.68. The standard InChI is InChI=1S/C19H22N4O3/c1-13(2)11-15(14-5-3-9-20-12-14)21-17(24)7-8-18-22-19(23-26-18)16-6-4-10-25-16/h3-6,9-10,12-13,15H,7-8,11H2,1-2H3,(H,21,24)/t15-/m0/s1. The van der Waals surface area contributed by atoms with E-state index in [1.807, 2.05) is 12.1 Å². The van der Waals surface area contributed by atoms with Gasteiger partial charge in [-0.15, -0.1) is 0 Å². The van der Waals surface area contributed by atoms with Crippen LogP contribution in [-0.2, 0) is 11.2 Å². The lowest BCUT2D eigenvalue weighted by molar-refractivity contribution is -0.122. The average molecular weight is 354 g/mol. The second-order valence-corrected chi connectivity index (χ2v) is 6.53. The summed E-state index contributed by atoms with van der Waals surface area (Å²) in [6.45, 7) is 4.26. The number of furan rings is 1. The lowest BCUT2D eigenvalue weighted by Crippen LogP contribution is -2.29. The number of nitrogens with zero attached hydrogens (tertiary/aromatic N) is 3. The molecule has 26 heavy (non-hydrogen) atoms. The second-order valence-electron chi connectivity index (χ2n) is 6.53. The smallest absolute Gasteiger partial charge is 0.238 e. The van der Waals surface area contributed by atoms with Crippen molar-refractivity contribution in [3.05, 3.63) is 54.4 Å². The molecule has 0 saturated carbocycles. The summed E-state index contributed by atoms with van der Waals surface area (Å²) in [5.41, 5.74) is 1.01. The molecule has 7 heteroatoms.